The van der Waals surface area contributed by atoms with Gasteiger partial charge in [-0.05, 0) is 19.3 Å². The third-order valence-electron chi connectivity index (χ3n) is 2.84. The van der Waals surface area contributed by atoms with Crippen molar-refractivity contribution in [1.29, 1.82) is 0 Å². The van der Waals surface area contributed by atoms with Crippen LogP contribution in [0, 0.1) is 0 Å². The zero-order valence-corrected chi connectivity index (χ0v) is 9.33. The minimum absolute atomic E-state index is 0.0248. The molecule has 1 amide bonds. The fourth-order valence-corrected chi connectivity index (χ4v) is 1.87. The molecule has 0 saturated carbocycles. The van der Waals surface area contributed by atoms with Crippen LogP contribution in [0.4, 0.5) is 0 Å². The fraction of sp³-hybridized carbons (Fsp3) is 0.700. The Hall–Kier alpha value is -1.63. The van der Waals surface area contributed by atoms with Crippen LogP contribution in [0.3, 0.4) is 0 Å². The molecule has 0 radical (unpaired) electrons. The highest BCUT2D eigenvalue weighted by Gasteiger charge is 2.33. The third kappa shape index (κ3) is 3.42. The number of hydrogen-bond acceptors (Lipinski definition) is 4. The number of aliphatic carboxylic acids is 2. The molecule has 7 nitrogen and oxygen atoms in total. The maximum Gasteiger partial charge on any atom is 0.326 e. The second-order valence-corrected chi connectivity index (χ2v) is 4.07. The number of carbonyl (C=O) groups excluding carboxylic acids is 1. The summed E-state index contributed by atoms with van der Waals surface area (Å²) >= 11 is 0. The van der Waals surface area contributed by atoms with Gasteiger partial charge in [0.05, 0.1) is 0 Å². The Morgan fingerprint density at radius 2 is 2.00 bits per heavy atom. The zero-order valence-electron chi connectivity index (χ0n) is 9.33. The summed E-state index contributed by atoms with van der Waals surface area (Å²) in [4.78, 5) is 34.3. The van der Waals surface area contributed by atoms with Crippen LogP contribution in [0.25, 0.3) is 0 Å². The third-order valence-corrected chi connectivity index (χ3v) is 2.84. The van der Waals surface area contributed by atoms with Gasteiger partial charge in [-0.1, -0.05) is 0 Å². The summed E-state index contributed by atoms with van der Waals surface area (Å²) in [6, 6.07) is -1.85. The highest BCUT2D eigenvalue weighted by molar-refractivity contribution is 5.84. The van der Waals surface area contributed by atoms with E-state index >= 15 is 0 Å². The average Bonchev–Trinajstić information content (AvgIpc) is 2.73. The monoisotopic (exact) mass is 244 g/mol. The Labute approximate surface area is 98.2 Å². The van der Waals surface area contributed by atoms with Gasteiger partial charge >= 0.3 is 11.9 Å². The van der Waals surface area contributed by atoms with Crippen molar-refractivity contribution < 1.29 is 24.6 Å². The summed E-state index contributed by atoms with van der Waals surface area (Å²) in [6.45, 7) is 0.415. The number of hydrogen-bond donors (Lipinski definition) is 3. The molecule has 0 spiro atoms. The second kappa shape index (κ2) is 5.62. The van der Waals surface area contributed by atoms with Crippen LogP contribution in [0.15, 0.2) is 0 Å². The quantitative estimate of drug-likeness (QED) is 0.585. The van der Waals surface area contributed by atoms with Gasteiger partial charge in [0, 0.05) is 13.0 Å². The van der Waals surface area contributed by atoms with Crippen molar-refractivity contribution >= 4 is 17.8 Å². The number of carboxylic acids is 2. The van der Waals surface area contributed by atoms with Gasteiger partial charge in [-0.3, -0.25) is 9.59 Å². The van der Waals surface area contributed by atoms with E-state index in [4.69, 9.17) is 15.9 Å². The van der Waals surface area contributed by atoms with Gasteiger partial charge < -0.3 is 20.8 Å². The highest BCUT2D eigenvalue weighted by Crippen LogP contribution is 2.19. The van der Waals surface area contributed by atoms with Gasteiger partial charge in [-0.15, -0.1) is 0 Å². The van der Waals surface area contributed by atoms with E-state index in [0.29, 0.717) is 19.4 Å². The first kappa shape index (κ1) is 13.4. The molecule has 0 aromatic rings. The van der Waals surface area contributed by atoms with E-state index in [1.807, 2.05) is 0 Å². The summed E-state index contributed by atoms with van der Waals surface area (Å²) in [6.07, 6.45) is 1.11. The van der Waals surface area contributed by atoms with Crippen molar-refractivity contribution in [3.05, 3.63) is 0 Å². The molecule has 4 N–H and O–H groups in total. The second-order valence-electron chi connectivity index (χ2n) is 4.07. The van der Waals surface area contributed by atoms with Crippen LogP contribution in [0.5, 0.6) is 0 Å². The molecular formula is C10H16N2O5. The average molecular weight is 244 g/mol. The van der Waals surface area contributed by atoms with Gasteiger partial charge in [-0.2, -0.15) is 0 Å². The molecular weight excluding hydrogens is 228 g/mol. The molecule has 1 aliphatic heterocycles. The standard InChI is InChI=1S/C10H16N2O5/c11-6(9(14)15)3-4-8(13)12-5-1-2-7(12)10(16)17/h6-7H,1-5,11H2,(H,14,15)(H,16,17)/t6-,7+/m0/s1. The topological polar surface area (TPSA) is 121 Å². The molecule has 17 heavy (non-hydrogen) atoms. The normalized spacial score (nSPS) is 21.2. The number of carbonyl (C=O) groups is 3. The van der Waals surface area contributed by atoms with Gasteiger partial charge in [0.1, 0.15) is 12.1 Å². The van der Waals surface area contributed by atoms with E-state index in [1.54, 1.807) is 0 Å². The van der Waals surface area contributed by atoms with Crippen LogP contribution in [-0.2, 0) is 14.4 Å². The summed E-state index contributed by atoms with van der Waals surface area (Å²) in [5, 5.41) is 17.4. The molecule has 0 bridgehead atoms. The molecule has 0 aliphatic carbocycles. The van der Waals surface area contributed by atoms with Crippen LogP contribution in [0.1, 0.15) is 25.7 Å². The molecule has 96 valence electrons. The van der Waals surface area contributed by atoms with E-state index in [2.05, 4.69) is 0 Å². The maximum absolute atomic E-state index is 11.7. The molecule has 1 heterocycles. The van der Waals surface area contributed by atoms with E-state index in [-0.39, 0.29) is 18.7 Å². The number of nitrogens with two attached hydrogens (primary N) is 1. The van der Waals surface area contributed by atoms with Crippen molar-refractivity contribution in [3.63, 3.8) is 0 Å². The Morgan fingerprint density at radius 3 is 2.53 bits per heavy atom. The molecule has 0 aromatic carbocycles. The van der Waals surface area contributed by atoms with E-state index < -0.39 is 24.0 Å². The SMILES string of the molecule is N[C@@H](CCC(=O)N1CCC[C@@H]1C(=O)O)C(=O)O. The van der Waals surface area contributed by atoms with Crippen LogP contribution < -0.4 is 5.73 Å². The summed E-state index contributed by atoms with van der Waals surface area (Å²) < 4.78 is 0. The first-order valence-corrected chi connectivity index (χ1v) is 5.44. The van der Waals surface area contributed by atoms with E-state index in [9.17, 15) is 14.4 Å². The van der Waals surface area contributed by atoms with Gasteiger partial charge in [-0.25, -0.2) is 4.79 Å². The molecule has 7 heteroatoms. The first-order valence-electron chi connectivity index (χ1n) is 5.44. The summed E-state index contributed by atoms with van der Waals surface area (Å²) in [5.41, 5.74) is 5.27. The zero-order chi connectivity index (χ0) is 13.0. The van der Waals surface area contributed by atoms with E-state index in [0.717, 1.165) is 0 Å². The lowest BCUT2D eigenvalue weighted by Crippen LogP contribution is -2.41. The van der Waals surface area contributed by atoms with Gasteiger partial charge in [0.15, 0.2) is 0 Å². The Balaban J connectivity index is 2.47. The van der Waals surface area contributed by atoms with Crippen molar-refractivity contribution in [1.82, 2.24) is 4.90 Å². The summed E-state index contributed by atoms with van der Waals surface area (Å²) in [7, 11) is 0. The number of rotatable bonds is 5. The molecule has 1 saturated heterocycles. The molecule has 1 fully saturated rings. The minimum Gasteiger partial charge on any atom is -0.480 e. The number of nitrogens with zero attached hydrogens (tertiary/aromatic N) is 1. The van der Waals surface area contributed by atoms with Crippen molar-refractivity contribution in [2.45, 2.75) is 37.8 Å². The summed E-state index contributed by atoms with van der Waals surface area (Å²) in [5.74, 6) is -2.51. The molecule has 1 aliphatic rings. The molecule has 0 aromatic heterocycles. The van der Waals surface area contributed by atoms with Crippen LogP contribution in [-0.4, -0.2) is 51.6 Å². The Kier molecular flexibility index (Phi) is 4.45. The van der Waals surface area contributed by atoms with Gasteiger partial charge in [0.25, 0.3) is 0 Å². The van der Waals surface area contributed by atoms with Crippen molar-refractivity contribution in [3.8, 4) is 0 Å². The number of amides is 1. The maximum atomic E-state index is 11.7. The predicted octanol–water partition coefficient (Wildman–Crippen LogP) is -0.746. The Morgan fingerprint density at radius 1 is 1.35 bits per heavy atom. The van der Waals surface area contributed by atoms with Crippen LogP contribution in [0.2, 0.25) is 0 Å². The highest BCUT2D eigenvalue weighted by atomic mass is 16.4. The lowest BCUT2D eigenvalue weighted by molar-refractivity contribution is -0.148. The molecule has 1 rings (SSSR count). The van der Waals surface area contributed by atoms with Crippen molar-refractivity contribution in [2.24, 2.45) is 5.73 Å². The predicted molar refractivity (Wildman–Crippen MR) is 57.2 cm³/mol. The lowest BCUT2D eigenvalue weighted by atomic mass is 10.1. The lowest BCUT2D eigenvalue weighted by Gasteiger charge is -2.21. The first-order chi connectivity index (χ1) is 7.93. The fourth-order valence-electron chi connectivity index (χ4n) is 1.87. The van der Waals surface area contributed by atoms with E-state index in [1.165, 1.54) is 4.90 Å². The molecule has 0 unspecified atom stereocenters. The number of carboxylic acid groups (broad SMARTS) is 2. The van der Waals surface area contributed by atoms with Gasteiger partial charge in [0.2, 0.25) is 5.91 Å². The largest absolute Gasteiger partial charge is 0.480 e. The smallest absolute Gasteiger partial charge is 0.326 e. The van der Waals surface area contributed by atoms with Crippen LogP contribution >= 0.6 is 0 Å². The number of likely N-dealkylation sites (tertiary alicyclic amines) is 1. The van der Waals surface area contributed by atoms with Crippen molar-refractivity contribution in [2.75, 3.05) is 6.54 Å². The minimum atomic E-state index is -1.16. The Bertz CT molecular complexity index is 331. The molecule has 2 atom stereocenters.